The maximum absolute atomic E-state index is 13.1. The van der Waals surface area contributed by atoms with Gasteiger partial charge < -0.3 is 20.7 Å². The molecule has 0 radical (unpaired) electrons. The van der Waals surface area contributed by atoms with E-state index in [0.29, 0.717) is 22.4 Å². The van der Waals surface area contributed by atoms with Crippen LogP contribution in [0.1, 0.15) is 11.6 Å². The van der Waals surface area contributed by atoms with E-state index in [4.69, 9.17) is 4.74 Å². The number of benzene rings is 2. The van der Waals surface area contributed by atoms with Gasteiger partial charge in [0, 0.05) is 18.4 Å². The quantitative estimate of drug-likeness (QED) is 0.446. The predicted octanol–water partition coefficient (Wildman–Crippen LogP) is 2.79. The summed E-state index contributed by atoms with van der Waals surface area (Å²) in [7, 11) is 0.892. The molecule has 1 heterocycles. The molecule has 2 aromatic rings. The van der Waals surface area contributed by atoms with Crippen LogP contribution in [0.4, 0.5) is 27.6 Å². The zero-order valence-corrected chi connectivity index (χ0v) is 17.0. The first kappa shape index (κ1) is 24.1. The second-order valence-corrected chi connectivity index (χ2v) is 7.10. The van der Waals surface area contributed by atoms with Crippen LogP contribution in [0.5, 0.6) is 0 Å². The van der Waals surface area contributed by atoms with Crippen LogP contribution in [0.25, 0.3) is 11.1 Å². The number of hydrogen-bond acceptors (Lipinski definition) is 4. The summed E-state index contributed by atoms with van der Waals surface area (Å²) in [6, 6.07) is 12.2. The van der Waals surface area contributed by atoms with E-state index in [9.17, 15) is 36.3 Å². The molecule has 7 nitrogen and oxygen atoms in total. The number of methoxy groups -OCH3 is 1. The van der Waals surface area contributed by atoms with E-state index in [1.165, 1.54) is 5.32 Å². The molecule has 2 atom stereocenters. The van der Waals surface area contributed by atoms with Crippen LogP contribution in [0, 0.1) is 0 Å². The van der Waals surface area contributed by atoms with Gasteiger partial charge >= 0.3 is 12.1 Å². The van der Waals surface area contributed by atoms with Crippen LogP contribution >= 0.6 is 0 Å². The monoisotopic (exact) mass is 471 g/mol. The minimum Gasteiger partial charge on any atom is -0.362 e. The molecular formula is C21H18F5N3O4. The van der Waals surface area contributed by atoms with Crippen molar-refractivity contribution in [1.29, 1.82) is 0 Å². The minimum atomic E-state index is -5.89. The third-order valence-corrected chi connectivity index (χ3v) is 4.91. The van der Waals surface area contributed by atoms with Gasteiger partial charge in [0.2, 0.25) is 6.10 Å². The third-order valence-electron chi connectivity index (χ3n) is 4.91. The summed E-state index contributed by atoms with van der Waals surface area (Å²) >= 11 is 0. The number of fused-ring (bicyclic) bond motifs is 3. The van der Waals surface area contributed by atoms with Crippen molar-refractivity contribution in [1.82, 2.24) is 10.6 Å². The maximum Gasteiger partial charge on any atom is 0.455 e. The summed E-state index contributed by atoms with van der Waals surface area (Å²) in [6.45, 7) is -2.08. The SMILES string of the molecule is COC(C(=O)NCC(F)(F)C(F)(F)F)C(=O)NC1C(=O)Nc2ccccc2-c2ccccc21. The standard InChI is InChI=1S/C21H18F5N3O4/c1-33-16(18(31)27-10-20(22,23)21(24,25)26)19(32)29-15-13-8-3-2-6-11(13)12-7-4-5-9-14(12)28-17(15)30/h2-9,15-16H,10H2,1H3,(H,27,31)(H,28,30)(H,29,32). The highest BCUT2D eigenvalue weighted by Crippen LogP contribution is 2.37. The molecule has 176 valence electrons. The normalized spacial score (nSPS) is 16.5. The fraction of sp³-hybridized carbons (Fsp3) is 0.286. The number of amides is 3. The van der Waals surface area contributed by atoms with Gasteiger partial charge in [-0.05, 0) is 17.2 Å². The van der Waals surface area contributed by atoms with Gasteiger partial charge in [-0.3, -0.25) is 14.4 Å². The van der Waals surface area contributed by atoms with Gasteiger partial charge in [0.1, 0.15) is 6.04 Å². The van der Waals surface area contributed by atoms with Crippen molar-refractivity contribution >= 4 is 23.4 Å². The Hall–Kier alpha value is -3.54. The van der Waals surface area contributed by atoms with Gasteiger partial charge in [-0.2, -0.15) is 22.0 Å². The Bertz CT molecular complexity index is 1070. The summed E-state index contributed by atoms with van der Waals surface area (Å²) < 4.78 is 67.8. The van der Waals surface area contributed by atoms with Crippen LogP contribution in [-0.4, -0.2) is 49.6 Å². The van der Waals surface area contributed by atoms with E-state index < -0.39 is 48.5 Å². The number of rotatable bonds is 6. The maximum atomic E-state index is 13.1. The summed E-state index contributed by atoms with van der Waals surface area (Å²) in [4.78, 5) is 37.6. The molecule has 0 saturated heterocycles. The van der Waals surface area contributed by atoms with Crippen LogP contribution < -0.4 is 16.0 Å². The summed E-state index contributed by atoms with van der Waals surface area (Å²) in [5.41, 5.74) is 2.14. The second-order valence-electron chi connectivity index (χ2n) is 7.10. The van der Waals surface area contributed by atoms with E-state index in [1.807, 2.05) is 0 Å². The largest absolute Gasteiger partial charge is 0.455 e. The van der Waals surface area contributed by atoms with Crippen LogP contribution in [0.15, 0.2) is 48.5 Å². The Morgan fingerprint density at radius 2 is 1.61 bits per heavy atom. The average molecular weight is 471 g/mol. The molecule has 0 aromatic heterocycles. The van der Waals surface area contributed by atoms with Gasteiger partial charge in [-0.1, -0.05) is 42.5 Å². The Morgan fingerprint density at radius 1 is 1.00 bits per heavy atom. The number of para-hydroxylation sites is 1. The number of alkyl halides is 5. The van der Waals surface area contributed by atoms with E-state index in [0.717, 1.165) is 7.11 Å². The second kappa shape index (κ2) is 9.14. The van der Waals surface area contributed by atoms with E-state index in [-0.39, 0.29) is 0 Å². The Balaban J connectivity index is 1.81. The molecule has 2 unspecified atom stereocenters. The molecule has 1 aliphatic rings. The van der Waals surface area contributed by atoms with Gasteiger partial charge in [-0.15, -0.1) is 0 Å². The Labute approximate surface area is 184 Å². The third kappa shape index (κ3) is 4.95. The molecule has 33 heavy (non-hydrogen) atoms. The zero-order valence-electron chi connectivity index (χ0n) is 17.0. The number of anilines is 1. The van der Waals surface area contributed by atoms with Gasteiger partial charge in [0.25, 0.3) is 17.7 Å². The molecule has 3 rings (SSSR count). The lowest BCUT2D eigenvalue weighted by atomic mass is 9.95. The molecule has 3 amide bonds. The molecule has 0 fully saturated rings. The van der Waals surface area contributed by atoms with Crippen LogP contribution in [-0.2, 0) is 19.1 Å². The van der Waals surface area contributed by atoms with Crippen molar-refractivity contribution in [2.45, 2.75) is 24.2 Å². The van der Waals surface area contributed by atoms with Crippen molar-refractivity contribution < 1.29 is 41.1 Å². The lowest BCUT2D eigenvalue weighted by molar-refractivity contribution is -0.278. The molecule has 12 heteroatoms. The zero-order chi connectivity index (χ0) is 24.4. The van der Waals surface area contributed by atoms with E-state index in [1.54, 1.807) is 48.5 Å². The summed E-state index contributed by atoms with van der Waals surface area (Å²) in [6.07, 6.45) is -7.97. The molecule has 0 spiro atoms. The molecule has 1 aliphatic heterocycles. The van der Waals surface area contributed by atoms with Gasteiger partial charge in [0.05, 0.1) is 6.54 Å². The fourth-order valence-electron chi connectivity index (χ4n) is 3.25. The van der Waals surface area contributed by atoms with E-state index >= 15 is 0 Å². The smallest absolute Gasteiger partial charge is 0.362 e. The fourth-order valence-corrected chi connectivity index (χ4v) is 3.25. The Morgan fingerprint density at radius 3 is 2.24 bits per heavy atom. The van der Waals surface area contributed by atoms with Crippen molar-refractivity contribution in [2.24, 2.45) is 0 Å². The number of carbonyl (C=O) groups is 3. The highest BCUT2D eigenvalue weighted by molar-refractivity contribution is 6.08. The van der Waals surface area contributed by atoms with E-state index in [2.05, 4.69) is 10.6 Å². The van der Waals surface area contributed by atoms with Gasteiger partial charge in [-0.25, -0.2) is 0 Å². The number of nitrogens with one attached hydrogen (secondary N) is 3. The molecule has 3 N–H and O–H groups in total. The van der Waals surface area contributed by atoms with Crippen molar-refractivity contribution in [3.05, 3.63) is 54.1 Å². The first-order valence-corrected chi connectivity index (χ1v) is 9.51. The van der Waals surface area contributed by atoms with Crippen LogP contribution in [0.3, 0.4) is 0 Å². The van der Waals surface area contributed by atoms with Crippen LogP contribution in [0.2, 0.25) is 0 Å². The highest BCUT2D eigenvalue weighted by atomic mass is 19.4. The summed E-state index contributed by atoms with van der Waals surface area (Å²) in [5, 5.41) is 6.33. The topological polar surface area (TPSA) is 96.5 Å². The number of halogens is 5. The van der Waals surface area contributed by atoms with Gasteiger partial charge in [0.15, 0.2) is 0 Å². The number of ether oxygens (including phenoxy) is 1. The van der Waals surface area contributed by atoms with Crippen molar-refractivity contribution in [3.8, 4) is 11.1 Å². The predicted molar refractivity (Wildman–Crippen MR) is 106 cm³/mol. The lowest BCUT2D eigenvalue weighted by Crippen LogP contribution is -2.53. The number of carbonyl (C=O) groups excluding carboxylic acids is 3. The molecular weight excluding hydrogens is 453 g/mol. The number of hydrogen-bond donors (Lipinski definition) is 3. The van der Waals surface area contributed by atoms with Crippen molar-refractivity contribution in [2.75, 3.05) is 19.0 Å². The highest BCUT2D eigenvalue weighted by Gasteiger charge is 2.57. The minimum absolute atomic E-state index is 0.382. The Kier molecular flexibility index (Phi) is 6.68. The summed E-state index contributed by atoms with van der Waals surface area (Å²) in [5.74, 6) is -8.58. The lowest BCUT2D eigenvalue weighted by Gasteiger charge is -2.23. The molecule has 0 bridgehead atoms. The average Bonchev–Trinajstić information content (AvgIpc) is 2.87. The molecule has 0 aliphatic carbocycles. The van der Waals surface area contributed by atoms with Crippen molar-refractivity contribution in [3.63, 3.8) is 0 Å². The first-order chi connectivity index (χ1) is 15.5. The molecule has 2 aromatic carbocycles. The molecule has 0 saturated carbocycles. The first-order valence-electron chi connectivity index (χ1n) is 9.51.